The number of aryl methyl sites for hydroxylation is 1. The van der Waals surface area contributed by atoms with Gasteiger partial charge in [-0.1, -0.05) is 12.1 Å². The highest BCUT2D eigenvalue weighted by Gasteiger charge is 2.12. The summed E-state index contributed by atoms with van der Waals surface area (Å²) in [7, 11) is 0. The number of carbonyl (C=O) groups is 1. The lowest BCUT2D eigenvalue weighted by atomic mass is 9.97. The van der Waals surface area contributed by atoms with Crippen LogP contribution in [0.5, 0.6) is 0 Å². The van der Waals surface area contributed by atoms with Gasteiger partial charge < -0.3 is 9.52 Å². The summed E-state index contributed by atoms with van der Waals surface area (Å²) in [6.45, 7) is 1.80. The molecule has 0 unspecified atom stereocenters. The molecule has 0 fully saturated rings. The van der Waals surface area contributed by atoms with Crippen molar-refractivity contribution >= 4 is 16.9 Å². The molecule has 0 saturated heterocycles. The summed E-state index contributed by atoms with van der Waals surface area (Å²) in [4.78, 5) is 22.7. The Morgan fingerprint density at radius 2 is 1.87 bits per heavy atom. The first-order valence-corrected chi connectivity index (χ1v) is 6.99. The number of hydrogen-bond donors (Lipinski definition) is 1. The van der Waals surface area contributed by atoms with Crippen molar-refractivity contribution in [2.24, 2.45) is 0 Å². The number of halogens is 1. The van der Waals surface area contributed by atoms with Crippen molar-refractivity contribution in [3.63, 3.8) is 0 Å². The van der Waals surface area contributed by atoms with Crippen molar-refractivity contribution in [2.75, 3.05) is 0 Å². The molecular weight excluding hydrogens is 299 g/mol. The summed E-state index contributed by atoms with van der Waals surface area (Å²) in [5, 5.41) is 9.63. The zero-order valence-electron chi connectivity index (χ0n) is 12.3. The Hall–Kier alpha value is -2.95. The predicted octanol–water partition coefficient (Wildman–Crippen LogP) is 3.53. The number of rotatable bonds is 3. The van der Waals surface area contributed by atoms with Crippen molar-refractivity contribution in [3.8, 4) is 11.1 Å². The summed E-state index contributed by atoms with van der Waals surface area (Å²) in [5.74, 6) is -1.31. The first-order valence-electron chi connectivity index (χ1n) is 6.99. The molecule has 0 saturated carbocycles. The van der Waals surface area contributed by atoms with Crippen molar-refractivity contribution in [2.45, 2.75) is 13.3 Å². The van der Waals surface area contributed by atoms with Crippen molar-refractivity contribution in [3.05, 3.63) is 69.8 Å². The number of benzene rings is 2. The van der Waals surface area contributed by atoms with Crippen LogP contribution in [-0.4, -0.2) is 11.1 Å². The lowest BCUT2D eigenvalue weighted by Crippen LogP contribution is -2.04. The molecule has 0 aliphatic carbocycles. The summed E-state index contributed by atoms with van der Waals surface area (Å²) >= 11 is 0. The zero-order valence-corrected chi connectivity index (χ0v) is 12.3. The maximum Gasteiger partial charge on any atom is 0.336 e. The lowest BCUT2D eigenvalue weighted by molar-refractivity contribution is -0.136. The van der Waals surface area contributed by atoms with Crippen LogP contribution < -0.4 is 5.63 Å². The summed E-state index contributed by atoms with van der Waals surface area (Å²) in [6.07, 6.45) is -0.147. The van der Waals surface area contributed by atoms with E-state index in [0.717, 1.165) is 5.56 Å². The van der Waals surface area contributed by atoms with Crippen LogP contribution in [0.3, 0.4) is 0 Å². The van der Waals surface area contributed by atoms with E-state index in [1.807, 2.05) is 0 Å². The quantitative estimate of drug-likeness (QED) is 0.751. The third kappa shape index (κ3) is 2.99. The number of fused-ring (bicyclic) bond motifs is 1. The number of carboxylic acids is 1. The molecule has 1 aromatic heterocycles. The minimum absolute atomic E-state index is 0.147. The van der Waals surface area contributed by atoms with E-state index in [-0.39, 0.29) is 12.2 Å². The monoisotopic (exact) mass is 312 g/mol. The van der Waals surface area contributed by atoms with E-state index in [1.54, 1.807) is 31.2 Å². The van der Waals surface area contributed by atoms with E-state index in [1.165, 1.54) is 18.2 Å². The van der Waals surface area contributed by atoms with Gasteiger partial charge in [-0.2, -0.15) is 0 Å². The van der Waals surface area contributed by atoms with Crippen molar-refractivity contribution < 1.29 is 18.7 Å². The Morgan fingerprint density at radius 3 is 2.52 bits per heavy atom. The third-order valence-electron chi connectivity index (χ3n) is 3.70. The fourth-order valence-electron chi connectivity index (χ4n) is 2.58. The second-order valence-corrected chi connectivity index (χ2v) is 5.33. The van der Waals surface area contributed by atoms with Crippen LogP contribution in [0.1, 0.15) is 11.1 Å². The molecule has 1 N–H and O–H groups in total. The Balaban J connectivity index is 2.26. The first kappa shape index (κ1) is 15.0. The van der Waals surface area contributed by atoms with E-state index in [0.29, 0.717) is 27.7 Å². The Labute approximate surface area is 130 Å². The fourth-order valence-corrected chi connectivity index (χ4v) is 2.58. The van der Waals surface area contributed by atoms with Crippen molar-refractivity contribution in [1.29, 1.82) is 0 Å². The molecule has 0 bridgehead atoms. The van der Waals surface area contributed by atoms with Gasteiger partial charge in [0.2, 0.25) is 0 Å². The van der Waals surface area contributed by atoms with Gasteiger partial charge in [0.15, 0.2) is 0 Å². The molecule has 1 heterocycles. The van der Waals surface area contributed by atoms with Crippen LogP contribution in [0.2, 0.25) is 0 Å². The average molecular weight is 312 g/mol. The smallest absolute Gasteiger partial charge is 0.336 e. The molecule has 5 heteroatoms. The standard InChI is InChI=1S/C18H13FO4/c1-10-6-15-14(11-2-4-13(19)5-3-11)9-18(22)23-16(15)7-12(10)8-17(20)21/h2-7,9H,8H2,1H3,(H,20,21). The number of hydrogen-bond acceptors (Lipinski definition) is 3. The molecular formula is C18H13FO4. The van der Waals surface area contributed by atoms with Gasteiger partial charge in [-0.05, 0) is 53.4 Å². The van der Waals surface area contributed by atoms with Gasteiger partial charge in [-0.25, -0.2) is 9.18 Å². The Morgan fingerprint density at radius 1 is 1.17 bits per heavy atom. The molecule has 0 aliphatic rings. The molecule has 0 aliphatic heterocycles. The van der Waals surface area contributed by atoms with E-state index in [9.17, 15) is 14.0 Å². The number of aliphatic carboxylic acids is 1. The molecule has 116 valence electrons. The predicted molar refractivity (Wildman–Crippen MR) is 84.0 cm³/mol. The van der Waals surface area contributed by atoms with Crippen LogP contribution in [0, 0.1) is 12.7 Å². The van der Waals surface area contributed by atoms with Gasteiger partial charge in [0.25, 0.3) is 0 Å². The SMILES string of the molecule is Cc1cc2c(-c3ccc(F)cc3)cc(=O)oc2cc1CC(=O)O. The van der Waals surface area contributed by atoms with Gasteiger partial charge in [0.05, 0.1) is 6.42 Å². The average Bonchev–Trinajstić information content (AvgIpc) is 2.48. The fraction of sp³-hybridized carbons (Fsp3) is 0.111. The molecule has 0 atom stereocenters. The maximum atomic E-state index is 13.1. The highest BCUT2D eigenvalue weighted by Crippen LogP contribution is 2.29. The zero-order chi connectivity index (χ0) is 16.6. The van der Waals surface area contributed by atoms with E-state index < -0.39 is 11.6 Å². The molecule has 4 nitrogen and oxygen atoms in total. The third-order valence-corrected chi connectivity index (χ3v) is 3.70. The van der Waals surface area contributed by atoms with Gasteiger partial charge in [0, 0.05) is 11.5 Å². The van der Waals surface area contributed by atoms with Crippen LogP contribution >= 0.6 is 0 Å². The molecule has 3 aromatic rings. The normalized spacial score (nSPS) is 10.9. The highest BCUT2D eigenvalue weighted by atomic mass is 19.1. The topological polar surface area (TPSA) is 67.5 Å². The van der Waals surface area contributed by atoms with E-state index in [4.69, 9.17) is 9.52 Å². The van der Waals surface area contributed by atoms with E-state index >= 15 is 0 Å². The minimum Gasteiger partial charge on any atom is -0.481 e. The van der Waals surface area contributed by atoms with Gasteiger partial charge >= 0.3 is 11.6 Å². The molecule has 3 rings (SSSR count). The van der Waals surface area contributed by atoms with Crippen molar-refractivity contribution in [1.82, 2.24) is 0 Å². The Bertz CT molecular complexity index is 955. The second kappa shape index (κ2) is 5.68. The molecule has 0 spiro atoms. The molecule has 0 radical (unpaired) electrons. The van der Waals surface area contributed by atoms with Crippen LogP contribution in [0.15, 0.2) is 51.7 Å². The van der Waals surface area contributed by atoms with Crippen LogP contribution in [0.4, 0.5) is 4.39 Å². The summed E-state index contributed by atoms with van der Waals surface area (Å²) in [5.41, 5.74) is 2.47. The van der Waals surface area contributed by atoms with Gasteiger partial charge in [-0.3, -0.25) is 4.79 Å². The van der Waals surface area contributed by atoms with E-state index in [2.05, 4.69) is 0 Å². The summed E-state index contributed by atoms with van der Waals surface area (Å²) in [6, 6.07) is 10.5. The van der Waals surface area contributed by atoms with Gasteiger partial charge in [0.1, 0.15) is 11.4 Å². The minimum atomic E-state index is -0.954. The summed E-state index contributed by atoms with van der Waals surface area (Å²) < 4.78 is 18.3. The first-order chi connectivity index (χ1) is 10.9. The molecule has 23 heavy (non-hydrogen) atoms. The van der Waals surface area contributed by atoms with Crippen LogP contribution in [0.25, 0.3) is 22.1 Å². The lowest BCUT2D eigenvalue weighted by Gasteiger charge is -2.09. The van der Waals surface area contributed by atoms with Crippen LogP contribution in [-0.2, 0) is 11.2 Å². The Kier molecular flexibility index (Phi) is 3.70. The second-order valence-electron chi connectivity index (χ2n) is 5.33. The molecule has 2 aromatic carbocycles. The molecule has 0 amide bonds. The largest absolute Gasteiger partial charge is 0.481 e. The number of carboxylic acid groups (broad SMARTS) is 1. The highest BCUT2D eigenvalue weighted by molar-refractivity contribution is 5.94. The van der Waals surface area contributed by atoms with Gasteiger partial charge in [-0.15, -0.1) is 0 Å². The maximum absolute atomic E-state index is 13.1.